The quantitative estimate of drug-likeness (QED) is 0.586. The highest BCUT2D eigenvalue weighted by atomic mass is 16.7. The maximum Gasteiger partial charge on any atom is 0.251 e. The first-order valence-corrected chi connectivity index (χ1v) is 10.1. The number of fused-ring (bicyclic) bond motifs is 1. The number of aromatic nitrogens is 1. The van der Waals surface area contributed by atoms with Crippen LogP contribution >= 0.6 is 0 Å². The van der Waals surface area contributed by atoms with Crippen molar-refractivity contribution in [1.82, 2.24) is 10.3 Å². The third kappa shape index (κ3) is 4.88. The number of hydrogen-bond acceptors (Lipinski definition) is 6. The van der Waals surface area contributed by atoms with Crippen LogP contribution in [0.2, 0.25) is 0 Å². The van der Waals surface area contributed by atoms with Gasteiger partial charge in [0.1, 0.15) is 6.61 Å². The summed E-state index contributed by atoms with van der Waals surface area (Å²) < 4.78 is 22.4. The zero-order chi connectivity index (χ0) is 21.6. The first kappa shape index (κ1) is 20.5. The van der Waals surface area contributed by atoms with Gasteiger partial charge in [-0.2, -0.15) is 0 Å². The molecular weight excluding hydrogens is 396 g/mol. The molecule has 1 aliphatic rings. The van der Waals surface area contributed by atoms with Crippen LogP contribution in [0.5, 0.6) is 23.0 Å². The van der Waals surface area contributed by atoms with Crippen LogP contribution in [0.25, 0.3) is 0 Å². The Morgan fingerprint density at radius 2 is 1.84 bits per heavy atom. The van der Waals surface area contributed by atoms with E-state index in [0.717, 1.165) is 11.1 Å². The Balaban J connectivity index is 1.45. The molecule has 3 aromatic rings. The number of nitrogens with one attached hydrogen (secondary N) is 1. The van der Waals surface area contributed by atoms with Crippen LogP contribution in [-0.2, 0) is 6.61 Å². The number of rotatable bonds is 8. The second kappa shape index (κ2) is 9.38. The average Bonchev–Trinajstić information content (AvgIpc) is 3.27. The van der Waals surface area contributed by atoms with Crippen molar-refractivity contribution >= 4 is 5.91 Å². The molecule has 0 spiro atoms. The first-order chi connectivity index (χ1) is 15.1. The second-order valence-electron chi connectivity index (χ2n) is 7.05. The second-order valence-corrected chi connectivity index (χ2v) is 7.05. The van der Waals surface area contributed by atoms with Crippen molar-refractivity contribution in [2.24, 2.45) is 0 Å². The van der Waals surface area contributed by atoms with Crippen molar-refractivity contribution in [2.75, 3.05) is 13.4 Å². The zero-order valence-corrected chi connectivity index (χ0v) is 17.5. The summed E-state index contributed by atoms with van der Waals surface area (Å²) in [5.74, 6) is 2.31. The van der Waals surface area contributed by atoms with Crippen molar-refractivity contribution in [3.05, 3.63) is 77.6 Å². The minimum atomic E-state index is -0.208. The van der Waals surface area contributed by atoms with Crippen molar-refractivity contribution in [1.29, 1.82) is 0 Å². The molecule has 1 aliphatic heterocycles. The molecule has 2 aromatic carbocycles. The van der Waals surface area contributed by atoms with Crippen molar-refractivity contribution in [3.63, 3.8) is 0 Å². The molecule has 7 heteroatoms. The van der Waals surface area contributed by atoms with Crippen LogP contribution in [0.3, 0.4) is 0 Å². The van der Waals surface area contributed by atoms with Gasteiger partial charge >= 0.3 is 0 Å². The molecule has 160 valence electrons. The number of carbonyl (C=O) groups is 1. The lowest BCUT2D eigenvalue weighted by molar-refractivity contribution is 0.0939. The predicted octanol–water partition coefficient (Wildman–Crippen LogP) is 4.28. The minimum Gasteiger partial charge on any atom is -0.490 e. The number of pyridine rings is 1. The van der Waals surface area contributed by atoms with Crippen molar-refractivity contribution in [2.45, 2.75) is 26.5 Å². The number of ether oxygens (including phenoxy) is 4. The summed E-state index contributed by atoms with van der Waals surface area (Å²) in [6, 6.07) is 14.4. The molecule has 2 heterocycles. The number of nitrogens with zero attached hydrogens (tertiary/aromatic N) is 1. The van der Waals surface area contributed by atoms with Crippen LogP contribution in [0.1, 0.15) is 41.4 Å². The molecule has 0 radical (unpaired) electrons. The Bertz CT molecular complexity index is 1060. The van der Waals surface area contributed by atoms with Crippen LogP contribution < -0.4 is 24.3 Å². The Labute approximate surface area is 180 Å². The van der Waals surface area contributed by atoms with Gasteiger partial charge in [0.15, 0.2) is 23.0 Å². The highest BCUT2D eigenvalue weighted by Gasteiger charge is 2.18. The zero-order valence-electron chi connectivity index (χ0n) is 17.5. The van der Waals surface area contributed by atoms with Gasteiger partial charge in [-0.3, -0.25) is 9.78 Å². The number of benzene rings is 2. The van der Waals surface area contributed by atoms with Crippen molar-refractivity contribution in [3.8, 4) is 23.0 Å². The Morgan fingerprint density at radius 3 is 2.65 bits per heavy atom. The predicted molar refractivity (Wildman–Crippen MR) is 115 cm³/mol. The summed E-state index contributed by atoms with van der Waals surface area (Å²) in [6.45, 7) is 4.88. The van der Waals surface area contributed by atoms with E-state index >= 15 is 0 Å². The molecule has 0 fully saturated rings. The molecule has 1 amide bonds. The molecule has 1 unspecified atom stereocenters. The van der Waals surface area contributed by atoms with E-state index < -0.39 is 0 Å². The highest BCUT2D eigenvalue weighted by molar-refractivity contribution is 5.95. The summed E-state index contributed by atoms with van der Waals surface area (Å²) in [5, 5.41) is 3.01. The minimum absolute atomic E-state index is 0.202. The molecule has 0 aliphatic carbocycles. The third-order valence-corrected chi connectivity index (χ3v) is 4.89. The van der Waals surface area contributed by atoms with E-state index in [1.807, 2.05) is 44.2 Å². The standard InChI is InChI=1S/C24H24N2O5/c1-3-28-22-13-19(5-7-20(22)29-14-17-8-10-25-11-9-17)24(27)26-16(2)18-4-6-21-23(12-18)31-15-30-21/h4-13,16H,3,14-15H2,1-2H3,(H,26,27). The summed E-state index contributed by atoms with van der Waals surface area (Å²) >= 11 is 0. The van der Waals surface area contributed by atoms with E-state index in [9.17, 15) is 4.79 Å². The van der Waals surface area contributed by atoms with Gasteiger partial charge in [0.05, 0.1) is 12.6 Å². The van der Waals surface area contributed by atoms with Crippen LogP contribution in [0.4, 0.5) is 0 Å². The normalized spacial score (nSPS) is 12.8. The topological polar surface area (TPSA) is 78.9 Å². The molecule has 0 saturated carbocycles. The Hall–Kier alpha value is -3.74. The molecule has 1 atom stereocenters. The van der Waals surface area contributed by atoms with E-state index in [0.29, 0.717) is 41.8 Å². The summed E-state index contributed by atoms with van der Waals surface area (Å²) in [4.78, 5) is 16.8. The summed E-state index contributed by atoms with van der Waals surface area (Å²) in [6.07, 6.45) is 3.44. The van der Waals surface area contributed by atoms with E-state index in [4.69, 9.17) is 18.9 Å². The Kier molecular flexibility index (Phi) is 6.21. The van der Waals surface area contributed by atoms with E-state index in [2.05, 4.69) is 10.3 Å². The monoisotopic (exact) mass is 420 g/mol. The summed E-state index contributed by atoms with van der Waals surface area (Å²) in [7, 11) is 0. The lowest BCUT2D eigenvalue weighted by atomic mass is 10.1. The third-order valence-electron chi connectivity index (χ3n) is 4.89. The van der Waals surface area contributed by atoms with Gasteiger partial charge in [-0.25, -0.2) is 0 Å². The molecular formula is C24H24N2O5. The number of carbonyl (C=O) groups excluding carboxylic acids is 1. The highest BCUT2D eigenvalue weighted by Crippen LogP contribution is 2.34. The van der Waals surface area contributed by atoms with Gasteiger partial charge < -0.3 is 24.3 Å². The molecule has 0 bridgehead atoms. The molecule has 31 heavy (non-hydrogen) atoms. The van der Waals surface area contributed by atoms with E-state index in [-0.39, 0.29) is 18.7 Å². The van der Waals surface area contributed by atoms with Gasteiger partial charge in [-0.05, 0) is 67.4 Å². The lowest BCUT2D eigenvalue weighted by Crippen LogP contribution is -2.26. The fourth-order valence-corrected chi connectivity index (χ4v) is 3.22. The van der Waals surface area contributed by atoms with Gasteiger partial charge in [-0.15, -0.1) is 0 Å². The molecule has 1 N–H and O–H groups in total. The maximum absolute atomic E-state index is 12.8. The lowest BCUT2D eigenvalue weighted by Gasteiger charge is -2.17. The van der Waals surface area contributed by atoms with Crippen LogP contribution in [-0.4, -0.2) is 24.3 Å². The van der Waals surface area contributed by atoms with E-state index in [1.165, 1.54) is 0 Å². The average molecular weight is 420 g/mol. The van der Waals surface area contributed by atoms with Crippen molar-refractivity contribution < 1.29 is 23.7 Å². The molecule has 7 nitrogen and oxygen atoms in total. The fraction of sp³-hybridized carbons (Fsp3) is 0.250. The van der Waals surface area contributed by atoms with Crippen LogP contribution in [0, 0.1) is 0 Å². The maximum atomic E-state index is 12.8. The van der Waals surface area contributed by atoms with Gasteiger partial charge in [0.25, 0.3) is 5.91 Å². The fourth-order valence-electron chi connectivity index (χ4n) is 3.22. The van der Waals surface area contributed by atoms with E-state index in [1.54, 1.807) is 30.6 Å². The summed E-state index contributed by atoms with van der Waals surface area (Å²) in [5.41, 5.74) is 2.42. The van der Waals surface area contributed by atoms with Gasteiger partial charge in [0.2, 0.25) is 6.79 Å². The number of amides is 1. The smallest absolute Gasteiger partial charge is 0.251 e. The molecule has 4 rings (SSSR count). The number of hydrogen-bond donors (Lipinski definition) is 1. The Morgan fingerprint density at radius 1 is 1.03 bits per heavy atom. The first-order valence-electron chi connectivity index (χ1n) is 10.1. The van der Waals surface area contributed by atoms with Crippen LogP contribution in [0.15, 0.2) is 60.9 Å². The van der Waals surface area contributed by atoms with Gasteiger partial charge in [0, 0.05) is 18.0 Å². The molecule has 0 saturated heterocycles. The molecule has 1 aromatic heterocycles. The SMILES string of the molecule is CCOc1cc(C(=O)NC(C)c2ccc3c(c2)OCO3)ccc1OCc1ccncc1. The van der Waals surface area contributed by atoms with Gasteiger partial charge in [-0.1, -0.05) is 6.07 Å². The largest absolute Gasteiger partial charge is 0.490 e.